The molecule has 0 radical (unpaired) electrons. The molecule has 0 aromatic carbocycles. The van der Waals surface area contributed by atoms with E-state index >= 15 is 0 Å². The Morgan fingerprint density at radius 1 is 0.486 bits per heavy atom. The zero-order valence-electron chi connectivity index (χ0n) is 47.9. The van der Waals surface area contributed by atoms with Crippen molar-refractivity contribution < 1.29 is 32.9 Å². The average molecular weight is 1030 g/mol. The molecule has 3 atom stereocenters. The van der Waals surface area contributed by atoms with Crippen LogP contribution in [-0.2, 0) is 18.4 Å². The third-order valence-corrected chi connectivity index (χ3v) is 14.4. The van der Waals surface area contributed by atoms with Crippen LogP contribution in [0.2, 0.25) is 0 Å². The Kier molecular flexibility index (Phi) is 52.2. The van der Waals surface area contributed by atoms with Gasteiger partial charge in [0.1, 0.15) is 13.2 Å². The van der Waals surface area contributed by atoms with Gasteiger partial charge in [0.15, 0.2) is 0 Å². The highest BCUT2D eigenvalue weighted by Crippen LogP contribution is 2.43. The first-order valence-corrected chi connectivity index (χ1v) is 31.8. The fourth-order valence-corrected chi connectivity index (χ4v) is 9.45. The van der Waals surface area contributed by atoms with Gasteiger partial charge in [-0.3, -0.25) is 13.8 Å². The first-order chi connectivity index (χ1) is 35.0. The highest BCUT2D eigenvalue weighted by Gasteiger charge is 2.27. The maximum Gasteiger partial charge on any atom is 0.472 e. The van der Waals surface area contributed by atoms with Crippen molar-refractivity contribution in [2.24, 2.45) is 0 Å². The Morgan fingerprint density at radius 3 is 1.22 bits per heavy atom. The number of amides is 1. The quantitative estimate of drug-likeness (QED) is 0.0243. The summed E-state index contributed by atoms with van der Waals surface area (Å²) in [5.74, 6) is -0.195. The Bertz CT molecular complexity index is 1400. The molecule has 0 saturated heterocycles. The summed E-state index contributed by atoms with van der Waals surface area (Å²) in [7, 11) is 1.55. The largest absolute Gasteiger partial charge is 0.472 e. The number of hydrogen-bond donors (Lipinski definition) is 3. The molecule has 0 aromatic rings. The number of quaternary nitrogens is 1. The molecule has 0 heterocycles. The van der Waals surface area contributed by atoms with E-state index < -0.39 is 20.0 Å². The number of unbranched alkanes of at least 4 members (excludes halogenated alkanes) is 32. The third kappa shape index (κ3) is 55.7. The van der Waals surface area contributed by atoms with Gasteiger partial charge in [-0.1, -0.05) is 273 Å². The Hall–Kier alpha value is -2.06. The number of nitrogens with zero attached hydrogens (tertiary/aromatic N) is 1. The molecular formula is C63H118N2O6P+. The smallest absolute Gasteiger partial charge is 0.387 e. The lowest BCUT2D eigenvalue weighted by atomic mass is 10.0. The molecular weight excluding hydrogens is 912 g/mol. The maximum atomic E-state index is 13.0. The van der Waals surface area contributed by atoms with Crippen molar-refractivity contribution in [2.45, 2.75) is 283 Å². The van der Waals surface area contributed by atoms with Gasteiger partial charge in [-0.2, -0.15) is 0 Å². The molecule has 1 amide bonds. The van der Waals surface area contributed by atoms with E-state index in [9.17, 15) is 19.4 Å². The van der Waals surface area contributed by atoms with E-state index in [1.165, 1.54) is 161 Å². The molecule has 0 aliphatic heterocycles. The first-order valence-electron chi connectivity index (χ1n) is 30.3. The second-order valence-corrected chi connectivity index (χ2v) is 23.2. The molecule has 0 aliphatic carbocycles. The van der Waals surface area contributed by atoms with Gasteiger partial charge in [-0.05, 0) is 64.2 Å². The summed E-state index contributed by atoms with van der Waals surface area (Å²) in [6.07, 6.45) is 74.4. The Morgan fingerprint density at radius 2 is 0.833 bits per heavy atom. The molecule has 8 nitrogen and oxygen atoms in total. The fraction of sp³-hybridized carbons (Fsp3) is 0.794. The predicted molar refractivity (Wildman–Crippen MR) is 313 cm³/mol. The number of phosphoric acid groups is 1. The van der Waals surface area contributed by atoms with Crippen LogP contribution in [0.5, 0.6) is 0 Å². The number of rotatable bonds is 55. The van der Waals surface area contributed by atoms with Gasteiger partial charge < -0.3 is 19.8 Å². The number of phosphoric ester groups is 1. The lowest BCUT2D eigenvalue weighted by Crippen LogP contribution is -2.45. The van der Waals surface area contributed by atoms with Gasteiger partial charge in [-0.15, -0.1) is 0 Å². The van der Waals surface area contributed by atoms with E-state index in [2.05, 4.69) is 79.9 Å². The van der Waals surface area contributed by atoms with Crippen molar-refractivity contribution >= 4 is 13.7 Å². The van der Waals surface area contributed by atoms with Crippen LogP contribution in [0.15, 0.2) is 72.9 Å². The van der Waals surface area contributed by atoms with Gasteiger partial charge in [0.05, 0.1) is 39.9 Å². The lowest BCUT2D eigenvalue weighted by molar-refractivity contribution is -0.870. The topological polar surface area (TPSA) is 105 Å². The number of carbonyl (C=O) groups is 1. The summed E-state index contributed by atoms with van der Waals surface area (Å²) >= 11 is 0. The number of likely N-dealkylation sites (N-methyl/N-ethyl adjacent to an activating group) is 1. The number of aliphatic hydroxyl groups is 1. The van der Waals surface area contributed by atoms with Crippen LogP contribution < -0.4 is 5.32 Å². The van der Waals surface area contributed by atoms with Gasteiger partial charge in [0, 0.05) is 6.42 Å². The van der Waals surface area contributed by atoms with E-state index in [1.807, 2.05) is 27.2 Å². The van der Waals surface area contributed by atoms with E-state index in [4.69, 9.17) is 9.05 Å². The zero-order valence-corrected chi connectivity index (χ0v) is 48.8. The molecule has 9 heteroatoms. The van der Waals surface area contributed by atoms with Crippen molar-refractivity contribution in [3.63, 3.8) is 0 Å². The summed E-state index contributed by atoms with van der Waals surface area (Å²) in [6.45, 7) is 4.71. The van der Waals surface area contributed by atoms with E-state index in [0.717, 1.165) is 89.9 Å². The highest BCUT2D eigenvalue weighted by molar-refractivity contribution is 7.47. The monoisotopic (exact) mass is 1030 g/mol. The molecule has 0 saturated carbocycles. The lowest BCUT2D eigenvalue weighted by Gasteiger charge is -2.25. The van der Waals surface area contributed by atoms with Gasteiger partial charge >= 0.3 is 7.82 Å². The van der Waals surface area contributed by atoms with E-state index in [1.54, 1.807) is 6.08 Å². The van der Waals surface area contributed by atoms with Gasteiger partial charge in [0.25, 0.3) is 0 Å². The minimum Gasteiger partial charge on any atom is -0.387 e. The second kappa shape index (κ2) is 53.8. The van der Waals surface area contributed by atoms with Crippen molar-refractivity contribution in [3.05, 3.63) is 72.9 Å². The summed E-state index contributed by atoms with van der Waals surface area (Å²) in [5, 5.41) is 13.9. The molecule has 3 N–H and O–H groups in total. The standard InChI is InChI=1S/C63H117N2O6P/c1-6-8-10-12-14-16-18-20-22-24-26-28-29-30-31-32-33-34-35-37-38-40-42-44-46-48-50-52-54-56-62(66)61(60-71-72(68,69)70-59-58-65(3,4)5)64-63(67)57-55-53-51-49-47-45-43-41-39-36-27-25-23-21-19-17-15-13-11-9-7-2/h9,11,15,17,21,23,27,36,41,43,54,56,61-62,66H,6-8,10,12-14,16,18-20,22,24-26,28-35,37-40,42,44-53,55,57-60H2,1-5H3,(H-,64,67,68,69)/p+1/b11-9-,17-15-,23-21-,36-27-,43-41-,56-54+. The number of hydrogen-bond acceptors (Lipinski definition) is 5. The predicted octanol–water partition coefficient (Wildman–Crippen LogP) is 18.7. The van der Waals surface area contributed by atoms with Crippen molar-refractivity contribution in [1.29, 1.82) is 0 Å². The first kappa shape index (κ1) is 69.9. The number of carbonyl (C=O) groups excluding carboxylic acids is 1. The van der Waals surface area contributed by atoms with Crippen LogP contribution >= 0.6 is 7.82 Å². The van der Waals surface area contributed by atoms with Crippen LogP contribution in [-0.4, -0.2) is 73.4 Å². The van der Waals surface area contributed by atoms with E-state index in [-0.39, 0.29) is 19.1 Å². The molecule has 72 heavy (non-hydrogen) atoms. The Balaban J connectivity index is 4.20. The molecule has 0 aliphatic rings. The average Bonchev–Trinajstić information content (AvgIpc) is 3.34. The van der Waals surface area contributed by atoms with E-state index in [0.29, 0.717) is 17.4 Å². The molecule has 420 valence electrons. The van der Waals surface area contributed by atoms with Crippen LogP contribution in [0.1, 0.15) is 271 Å². The van der Waals surface area contributed by atoms with Crippen molar-refractivity contribution in [3.8, 4) is 0 Å². The third-order valence-electron chi connectivity index (χ3n) is 13.4. The number of allylic oxidation sites excluding steroid dienone is 11. The summed E-state index contributed by atoms with van der Waals surface area (Å²) in [4.78, 5) is 23.3. The van der Waals surface area contributed by atoms with Gasteiger partial charge in [0.2, 0.25) is 5.91 Å². The van der Waals surface area contributed by atoms with Crippen molar-refractivity contribution in [1.82, 2.24) is 5.32 Å². The summed E-state index contributed by atoms with van der Waals surface area (Å²) in [6, 6.07) is -0.863. The zero-order chi connectivity index (χ0) is 52.7. The molecule has 3 unspecified atom stereocenters. The van der Waals surface area contributed by atoms with Crippen LogP contribution in [0, 0.1) is 0 Å². The molecule has 0 aromatic heterocycles. The van der Waals surface area contributed by atoms with Crippen molar-refractivity contribution in [2.75, 3.05) is 40.9 Å². The summed E-state index contributed by atoms with van der Waals surface area (Å²) in [5.41, 5.74) is 0. The fourth-order valence-electron chi connectivity index (χ4n) is 8.72. The normalized spacial score (nSPS) is 14.4. The molecule has 0 spiro atoms. The molecule has 0 bridgehead atoms. The van der Waals surface area contributed by atoms with Crippen LogP contribution in [0.3, 0.4) is 0 Å². The minimum atomic E-state index is -4.36. The number of nitrogens with one attached hydrogen (secondary N) is 1. The number of aliphatic hydroxyl groups excluding tert-OH is 1. The molecule has 0 rings (SSSR count). The maximum absolute atomic E-state index is 13.0. The Labute approximate surface area is 446 Å². The minimum absolute atomic E-state index is 0.0543. The summed E-state index contributed by atoms with van der Waals surface area (Å²) < 4.78 is 23.7. The van der Waals surface area contributed by atoms with Crippen LogP contribution in [0.4, 0.5) is 0 Å². The SMILES string of the molecule is CC/C=C\C/C=C\C/C=C\C/C=C\C/C=C\CCCCCCCC(=O)NC(COP(=O)(O)OCC[N+](C)(C)C)C(O)/C=C/CCCCCCCCCCCCCCCCCCCCCCCCCCCCC. The van der Waals surface area contributed by atoms with Gasteiger partial charge in [-0.25, -0.2) is 4.57 Å². The second-order valence-electron chi connectivity index (χ2n) is 21.7. The van der Waals surface area contributed by atoms with Crippen LogP contribution in [0.25, 0.3) is 0 Å². The highest BCUT2D eigenvalue weighted by atomic mass is 31.2. The molecule has 0 fully saturated rings.